The van der Waals surface area contributed by atoms with Gasteiger partial charge in [-0.25, -0.2) is 0 Å². The average molecular weight is 420 g/mol. The van der Waals surface area contributed by atoms with Crippen LogP contribution in [0.4, 0.5) is 0 Å². The van der Waals surface area contributed by atoms with Gasteiger partial charge >= 0.3 is 0 Å². The van der Waals surface area contributed by atoms with Crippen LogP contribution in [0.25, 0.3) is 0 Å². The lowest BCUT2D eigenvalue weighted by Gasteiger charge is -2.23. The van der Waals surface area contributed by atoms with E-state index in [1.54, 1.807) is 0 Å². The van der Waals surface area contributed by atoms with E-state index in [1.165, 1.54) is 63.4 Å². The Balaban J connectivity index is 1.85. The first kappa shape index (κ1) is 25.0. The zero-order valence-corrected chi connectivity index (χ0v) is 20.2. The molecule has 0 aliphatic rings. The molecule has 1 atom stereocenters. The second-order valence-electron chi connectivity index (χ2n) is 9.27. The van der Waals surface area contributed by atoms with Crippen LogP contribution in [0.3, 0.4) is 0 Å². The summed E-state index contributed by atoms with van der Waals surface area (Å²) in [6.07, 6.45) is 14.0. The molecule has 31 heavy (non-hydrogen) atoms. The summed E-state index contributed by atoms with van der Waals surface area (Å²) in [5.74, 6) is 1.68. The second-order valence-corrected chi connectivity index (χ2v) is 9.27. The standard InChI is InChI=1S/C29H41NO/c1-5-6-7-8-9-10-11-12-13-14-20-29(4,23-30)26-16-15-17-27(22-26)31-28-21-24(2)18-19-25(28)3/h15-19,21-22H,5-14,20H2,1-4H3. The Morgan fingerprint density at radius 1 is 0.839 bits per heavy atom. The van der Waals surface area contributed by atoms with Crippen LogP contribution in [-0.4, -0.2) is 0 Å². The van der Waals surface area contributed by atoms with Crippen molar-refractivity contribution in [1.82, 2.24) is 0 Å². The fraction of sp³-hybridized carbons (Fsp3) is 0.552. The van der Waals surface area contributed by atoms with Crippen molar-refractivity contribution in [3.63, 3.8) is 0 Å². The van der Waals surface area contributed by atoms with Crippen molar-refractivity contribution in [2.24, 2.45) is 0 Å². The highest BCUT2D eigenvalue weighted by molar-refractivity contribution is 5.42. The van der Waals surface area contributed by atoms with Gasteiger partial charge in [-0.2, -0.15) is 5.26 Å². The highest BCUT2D eigenvalue weighted by atomic mass is 16.5. The van der Waals surface area contributed by atoms with E-state index in [1.807, 2.05) is 18.2 Å². The molecule has 0 N–H and O–H groups in total. The van der Waals surface area contributed by atoms with E-state index in [0.717, 1.165) is 35.5 Å². The van der Waals surface area contributed by atoms with Crippen molar-refractivity contribution >= 4 is 0 Å². The summed E-state index contributed by atoms with van der Waals surface area (Å²) in [6.45, 7) is 8.46. The maximum Gasteiger partial charge on any atom is 0.130 e. The van der Waals surface area contributed by atoms with E-state index in [2.05, 4.69) is 58.0 Å². The van der Waals surface area contributed by atoms with Gasteiger partial charge < -0.3 is 4.74 Å². The van der Waals surface area contributed by atoms with Gasteiger partial charge in [0.05, 0.1) is 11.5 Å². The smallest absolute Gasteiger partial charge is 0.130 e. The first-order valence-electron chi connectivity index (χ1n) is 12.3. The van der Waals surface area contributed by atoms with Crippen molar-refractivity contribution in [3.05, 3.63) is 59.2 Å². The minimum absolute atomic E-state index is 0.471. The topological polar surface area (TPSA) is 33.0 Å². The highest BCUT2D eigenvalue weighted by Crippen LogP contribution is 2.33. The SMILES string of the molecule is CCCCCCCCCCCCC(C)(C#N)c1cccc(Oc2cc(C)ccc2C)c1. The molecule has 0 radical (unpaired) electrons. The molecule has 2 aromatic carbocycles. The van der Waals surface area contributed by atoms with Gasteiger partial charge in [0, 0.05) is 0 Å². The normalized spacial score (nSPS) is 12.9. The summed E-state index contributed by atoms with van der Waals surface area (Å²) in [7, 11) is 0. The molecule has 0 amide bonds. The van der Waals surface area contributed by atoms with Gasteiger partial charge in [0.15, 0.2) is 0 Å². The van der Waals surface area contributed by atoms with E-state index in [-0.39, 0.29) is 0 Å². The molecule has 2 rings (SSSR count). The summed E-state index contributed by atoms with van der Waals surface area (Å²) in [6, 6.07) is 16.9. The molecule has 2 nitrogen and oxygen atoms in total. The number of hydrogen-bond acceptors (Lipinski definition) is 2. The van der Waals surface area contributed by atoms with E-state index in [9.17, 15) is 5.26 Å². The minimum Gasteiger partial charge on any atom is -0.457 e. The number of rotatable bonds is 14. The number of aryl methyl sites for hydroxylation is 2. The summed E-state index contributed by atoms with van der Waals surface area (Å²) in [4.78, 5) is 0. The zero-order valence-electron chi connectivity index (χ0n) is 20.2. The Bertz CT molecular complexity index is 835. The maximum atomic E-state index is 9.95. The Kier molecular flexibility index (Phi) is 10.6. The van der Waals surface area contributed by atoms with Crippen molar-refractivity contribution in [1.29, 1.82) is 5.26 Å². The molecule has 0 spiro atoms. The Morgan fingerprint density at radius 3 is 2.13 bits per heavy atom. The minimum atomic E-state index is -0.471. The molecule has 0 aliphatic carbocycles. The molecule has 1 unspecified atom stereocenters. The molecule has 0 saturated carbocycles. The molecule has 0 aromatic heterocycles. The van der Waals surface area contributed by atoms with Crippen molar-refractivity contribution < 1.29 is 4.74 Å². The monoisotopic (exact) mass is 419 g/mol. The first-order chi connectivity index (χ1) is 15.0. The summed E-state index contributed by atoms with van der Waals surface area (Å²) < 4.78 is 6.17. The van der Waals surface area contributed by atoms with Crippen LogP contribution in [0.1, 0.15) is 101 Å². The fourth-order valence-electron chi connectivity index (χ4n) is 4.08. The van der Waals surface area contributed by atoms with Crippen LogP contribution in [0.2, 0.25) is 0 Å². The third kappa shape index (κ3) is 8.41. The van der Waals surface area contributed by atoms with Gasteiger partial charge in [0.2, 0.25) is 0 Å². The largest absolute Gasteiger partial charge is 0.457 e. The molecule has 0 bridgehead atoms. The van der Waals surface area contributed by atoms with E-state index < -0.39 is 5.41 Å². The van der Waals surface area contributed by atoms with Crippen LogP contribution >= 0.6 is 0 Å². The number of hydrogen-bond donors (Lipinski definition) is 0. The molecule has 2 aromatic rings. The van der Waals surface area contributed by atoms with Crippen LogP contribution in [0.15, 0.2) is 42.5 Å². The number of benzene rings is 2. The molecular weight excluding hydrogens is 378 g/mol. The lowest BCUT2D eigenvalue weighted by molar-refractivity contribution is 0.468. The van der Waals surface area contributed by atoms with Gasteiger partial charge in [0.25, 0.3) is 0 Å². The lowest BCUT2D eigenvalue weighted by Crippen LogP contribution is -2.19. The molecule has 0 saturated heterocycles. The molecule has 0 aliphatic heterocycles. The van der Waals surface area contributed by atoms with Crippen molar-refractivity contribution in [3.8, 4) is 17.6 Å². The number of nitriles is 1. The predicted molar refractivity (Wildman–Crippen MR) is 132 cm³/mol. The summed E-state index contributed by atoms with van der Waals surface area (Å²) >= 11 is 0. The number of unbranched alkanes of at least 4 members (excludes halogenated alkanes) is 9. The third-order valence-electron chi connectivity index (χ3n) is 6.32. The second kappa shape index (κ2) is 13.2. The Hall–Kier alpha value is -2.27. The average Bonchev–Trinajstić information content (AvgIpc) is 2.77. The zero-order chi connectivity index (χ0) is 22.5. The van der Waals surface area contributed by atoms with Crippen LogP contribution < -0.4 is 4.74 Å². The van der Waals surface area contributed by atoms with Gasteiger partial charge in [-0.15, -0.1) is 0 Å². The highest BCUT2D eigenvalue weighted by Gasteiger charge is 2.26. The van der Waals surface area contributed by atoms with Crippen LogP contribution in [-0.2, 0) is 5.41 Å². The fourth-order valence-corrected chi connectivity index (χ4v) is 4.08. The first-order valence-corrected chi connectivity index (χ1v) is 12.3. The molecule has 0 fully saturated rings. The molecule has 2 heteroatoms. The van der Waals surface area contributed by atoms with Crippen molar-refractivity contribution in [2.75, 3.05) is 0 Å². The van der Waals surface area contributed by atoms with E-state index in [4.69, 9.17) is 4.74 Å². The van der Waals surface area contributed by atoms with Gasteiger partial charge in [-0.1, -0.05) is 95.4 Å². The number of ether oxygens (including phenoxy) is 1. The lowest BCUT2D eigenvalue weighted by atomic mass is 9.79. The predicted octanol–water partition coefficient (Wildman–Crippen LogP) is 9.19. The third-order valence-corrected chi connectivity index (χ3v) is 6.32. The van der Waals surface area contributed by atoms with Gasteiger partial charge in [-0.3, -0.25) is 0 Å². The Morgan fingerprint density at radius 2 is 1.48 bits per heavy atom. The number of nitrogens with zero attached hydrogens (tertiary/aromatic N) is 1. The summed E-state index contributed by atoms with van der Waals surface area (Å²) in [5.41, 5.74) is 2.87. The summed E-state index contributed by atoms with van der Waals surface area (Å²) in [5, 5.41) is 9.95. The van der Waals surface area contributed by atoms with E-state index in [0.29, 0.717) is 0 Å². The molecular formula is C29H41NO. The molecule has 168 valence electrons. The molecule has 0 heterocycles. The maximum absolute atomic E-state index is 9.95. The van der Waals surface area contributed by atoms with Crippen LogP contribution in [0, 0.1) is 25.2 Å². The van der Waals surface area contributed by atoms with Crippen molar-refractivity contribution in [2.45, 2.75) is 104 Å². The van der Waals surface area contributed by atoms with Crippen LogP contribution in [0.5, 0.6) is 11.5 Å². The van der Waals surface area contributed by atoms with Gasteiger partial charge in [-0.05, 0) is 62.1 Å². The Labute approximate surface area is 190 Å². The van der Waals surface area contributed by atoms with E-state index >= 15 is 0 Å². The van der Waals surface area contributed by atoms with Gasteiger partial charge in [0.1, 0.15) is 11.5 Å². The quantitative estimate of drug-likeness (QED) is 0.286.